The van der Waals surface area contributed by atoms with Gasteiger partial charge in [-0.15, -0.1) is 0 Å². The molecular weight excluding hydrogens is 338 g/mol. The second-order valence-corrected chi connectivity index (χ2v) is 5.74. The zero-order valence-corrected chi connectivity index (χ0v) is 14.1. The van der Waals surface area contributed by atoms with E-state index in [9.17, 15) is 14.4 Å². The molecular formula is C17H21N5O4. The molecule has 6 N–H and O–H groups in total. The van der Waals surface area contributed by atoms with Crippen molar-refractivity contribution in [2.75, 3.05) is 11.4 Å². The third-order valence-electron chi connectivity index (χ3n) is 3.86. The van der Waals surface area contributed by atoms with Gasteiger partial charge in [-0.3, -0.25) is 15.0 Å². The fraction of sp³-hybridized carbons (Fsp3) is 0.294. The first-order valence-corrected chi connectivity index (χ1v) is 8.08. The smallest absolute Gasteiger partial charge is 0.319 e. The number of rotatable bonds is 7. The van der Waals surface area contributed by atoms with Gasteiger partial charge >= 0.3 is 12.0 Å². The lowest BCUT2D eigenvalue weighted by Crippen LogP contribution is -2.44. The number of anilines is 1. The van der Waals surface area contributed by atoms with E-state index < -0.39 is 18.0 Å². The average molecular weight is 359 g/mol. The maximum Gasteiger partial charge on any atom is 0.319 e. The Bertz CT molecular complexity index is 729. The number of benzene rings is 1. The predicted molar refractivity (Wildman–Crippen MR) is 95.9 cm³/mol. The number of carbonyl (C=O) groups is 3. The Hall–Kier alpha value is -3.36. The van der Waals surface area contributed by atoms with Crippen LogP contribution in [0.1, 0.15) is 24.8 Å². The first-order chi connectivity index (χ1) is 12.4. The monoisotopic (exact) mass is 359 g/mol. The van der Waals surface area contributed by atoms with E-state index in [0.717, 1.165) is 0 Å². The van der Waals surface area contributed by atoms with Crippen molar-refractivity contribution in [2.24, 2.45) is 5.73 Å². The van der Waals surface area contributed by atoms with Crippen LogP contribution >= 0.6 is 0 Å². The summed E-state index contributed by atoms with van der Waals surface area (Å²) in [5.74, 6) is -1.17. The van der Waals surface area contributed by atoms with Crippen LogP contribution in [0.2, 0.25) is 0 Å². The van der Waals surface area contributed by atoms with Gasteiger partial charge in [0.15, 0.2) is 0 Å². The van der Waals surface area contributed by atoms with Crippen LogP contribution < -0.4 is 21.3 Å². The van der Waals surface area contributed by atoms with E-state index >= 15 is 0 Å². The number of nitrogens with one attached hydrogen (secondary N) is 3. The molecule has 1 aromatic carbocycles. The highest BCUT2D eigenvalue weighted by molar-refractivity contribution is 6.02. The molecule has 0 aromatic heterocycles. The number of urea groups is 1. The molecule has 1 heterocycles. The van der Waals surface area contributed by atoms with E-state index in [-0.39, 0.29) is 18.2 Å². The van der Waals surface area contributed by atoms with Crippen LogP contribution in [0.15, 0.2) is 36.5 Å². The van der Waals surface area contributed by atoms with Crippen molar-refractivity contribution < 1.29 is 19.5 Å². The summed E-state index contributed by atoms with van der Waals surface area (Å²) in [7, 11) is 0. The van der Waals surface area contributed by atoms with Gasteiger partial charge < -0.3 is 26.4 Å². The Balaban J connectivity index is 1.85. The van der Waals surface area contributed by atoms with Crippen LogP contribution in [0.5, 0.6) is 0 Å². The molecule has 1 unspecified atom stereocenters. The normalized spacial score (nSPS) is 16.7. The minimum Gasteiger partial charge on any atom is -0.481 e. The lowest BCUT2D eigenvalue weighted by Gasteiger charge is -2.17. The van der Waals surface area contributed by atoms with E-state index in [0.29, 0.717) is 30.6 Å². The molecule has 9 nitrogen and oxygen atoms in total. The minimum atomic E-state index is -0.910. The van der Waals surface area contributed by atoms with Crippen molar-refractivity contribution in [1.82, 2.24) is 10.6 Å². The molecule has 1 atom stereocenters. The Morgan fingerprint density at radius 1 is 1.35 bits per heavy atom. The van der Waals surface area contributed by atoms with Gasteiger partial charge in [-0.05, 0) is 37.1 Å². The van der Waals surface area contributed by atoms with Gasteiger partial charge in [0.05, 0.1) is 0 Å². The molecule has 0 saturated carbocycles. The summed E-state index contributed by atoms with van der Waals surface area (Å²) in [6.45, 7) is 0.470. The Labute approximate surface area is 150 Å². The summed E-state index contributed by atoms with van der Waals surface area (Å²) in [5, 5.41) is 20.9. The van der Waals surface area contributed by atoms with E-state index in [1.54, 1.807) is 29.2 Å². The summed E-state index contributed by atoms with van der Waals surface area (Å²) < 4.78 is 0. The largest absolute Gasteiger partial charge is 0.481 e. The van der Waals surface area contributed by atoms with Gasteiger partial charge in [0, 0.05) is 30.4 Å². The number of nitrogens with zero attached hydrogens (tertiary/aromatic N) is 1. The summed E-state index contributed by atoms with van der Waals surface area (Å²) in [4.78, 5) is 36.2. The number of nitrogen functional groups attached to an aromatic ring is 1. The van der Waals surface area contributed by atoms with E-state index in [1.807, 2.05) is 0 Å². The summed E-state index contributed by atoms with van der Waals surface area (Å²) in [6.07, 6.45) is 3.66. The molecule has 26 heavy (non-hydrogen) atoms. The number of carboxylic acid groups (broad SMARTS) is 1. The first kappa shape index (κ1) is 19.0. The lowest BCUT2D eigenvalue weighted by molar-refractivity contribution is -0.136. The third-order valence-corrected chi connectivity index (χ3v) is 3.86. The van der Waals surface area contributed by atoms with Crippen molar-refractivity contribution in [2.45, 2.75) is 25.3 Å². The molecule has 1 aliphatic rings. The zero-order valence-electron chi connectivity index (χ0n) is 14.1. The second-order valence-electron chi connectivity index (χ2n) is 5.74. The van der Waals surface area contributed by atoms with Gasteiger partial charge in [-0.1, -0.05) is 6.08 Å². The number of allylic oxidation sites excluding steroid dienone is 1. The highest BCUT2D eigenvalue weighted by atomic mass is 16.4. The number of carbonyl (C=O) groups excluding carboxylic acids is 2. The van der Waals surface area contributed by atoms with Crippen LogP contribution in [0.3, 0.4) is 0 Å². The van der Waals surface area contributed by atoms with Crippen LogP contribution in [-0.4, -0.2) is 41.4 Å². The van der Waals surface area contributed by atoms with Crippen LogP contribution in [0.25, 0.3) is 0 Å². The number of amides is 3. The number of amidine groups is 1. The van der Waals surface area contributed by atoms with Crippen LogP contribution in [0.4, 0.5) is 10.5 Å². The number of nitrogens with two attached hydrogens (primary N) is 1. The summed E-state index contributed by atoms with van der Waals surface area (Å²) >= 11 is 0. The minimum absolute atomic E-state index is 0.0156. The van der Waals surface area contributed by atoms with Crippen molar-refractivity contribution in [1.29, 1.82) is 5.41 Å². The molecule has 1 fully saturated rings. The van der Waals surface area contributed by atoms with Gasteiger partial charge in [0.2, 0.25) is 5.91 Å². The molecule has 3 amide bonds. The van der Waals surface area contributed by atoms with Gasteiger partial charge in [0.1, 0.15) is 11.9 Å². The quantitative estimate of drug-likeness (QED) is 0.360. The number of hydrogen-bond donors (Lipinski definition) is 5. The van der Waals surface area contributed by atoms with Crippen molar-refractivity contribution in [3.8, 4) is 0 Å². The topological polar surface area (TPSA) is 149 Å². The van der Waals surface area contributed by atoms with Crippen molar-refractivity contribution >= 4 is 29.4 Å². The maximum absolute atomic E-state index is 12.4. The second kappa shape index (κ2) is 8.65. The highest BCUT2D eigenvalue weighted by Crippen LogP contribution is 2.22. The van der Waals surface area contributed by atoms with Crippen molar-refractivity contribution in [3.63, 3.8) is 0 Å². The van der Waals surface area contributed by atoms with E-state index in [1.165, 1.54) is 12.3 Å². The average Bonchev–Trinajstić information content (AvgIpc) is 2.95. The summed E-state index contributed by atoms with van der Waals surface area (Å²) in [6, 6.07) is 5.60. The lowest BCUT2D eigenvalue weighted by atomic mass is 10.2. The number of carboxylic acids is 1. The van der Waals surface area contributed by atoms with E-state index in [2.05, 4.69) is 10.6 Å². The predicted octanol–water partition coefficient (Wildman–Crippen LogP) is 0.754. The third kappa shape index (κ3) is 5.07. The Morgan fingerprint density at radius 3 is 2.65 bits per heavy atom. The number of hydrogen-bond acceptors (Lipinski definition) is 4. The first-order valence-electron chi connectivity index (χ1n) is 8.08. The maximum atomic E-state index is 12.4. The molecule has 0 radical (unpaired) electrons. The van der Waals surface area contributed by atoms with E-state index in [4.69, 9.17) is 16.2 Å². The fourth-order valence-electron chi connectivity index (χ4n) is 2.52. The molecule has 0 bridgehead atoms. The Kier molecular flexibility index (Phi) is 6.31. The van der Waals surface area contributed by atoms with Gasteiger partial charge in [-0.25, -0.2) is 4.79 Å². The molecule has 138 valence electrons. The van der Waals surface area contributed by atoms with Crippen molar-refractivity contribution in [3.05, 3.63) is 42.1 Å². The Morgan fingerprint density at radius 2 is 2.04 bits per heavy atom. The molecule has 1 aromatic rings. The summed E-state index contributed by atoms with van der Waals surface area (Å²) in [5.41, 5.74) is 6.66. The fourth-order valence-corrected chi connectivity index (χ4v) is 2.52. The molecule has 9 heteroatoms. The van der Waals surface area contributed by atoms with Gasteiger partial charge in [-0.2, -0.15) is 0 Å². The molecule has 2 rings (SSSR count). The molecule has 0 spiro atoms. The molecule has 0 aliphatic carbocycles. The number of aliphatic carboxylic acids is 1. The van der Waals surface area contributed by atoms with Crippen LogP contribution in [-0.2, 0) is 9.59 Å². The molecule has 1 aliphatic heterocycles. The van der Waals surface area contributed by atoms with Gasteiger partial charge in [0.25, 0.3) is 0 Å². The molecule has 1 saturated heterocycles. The van der Waals surface area contributed by atoms with Crippen LogP contribution in [0, 0.1) is 5.41 Å². The highest BCUT2D eigenvalue weighted by Gasteiger charge is 2.33. The zero-order chi connectivity index (χ0) is 19.1. The standard InChI is InChI=1S/C17H21N5O4/c18-15(19)11-4-6-12(7-5-11)22-10-8-13(16(22)25)21-17(26)20-9-2-1-3-14(23)24/h2,4-7,9,13H,1,3,8,10H2,(H3,18,19)(H,23,24)(H2,20,21,26). The SMILES string of the molecule is N=C(N)c1ccc(N2CCC(NC(=O)NC=CCCC(=O)O)C2=O)cc1.